The molecular formula is C19H23NO2. The quantitative estimate of drug-likeness (QED) is 0.879. The van der Waals surface area contributed by atoms with Crippen LogP contribution in [0, 0.1) is 0 Å². The predicted molar refractivity (Wildman–Crippen MR) is 89.2 cm³/mol. The van der Waals surface area contributed by atoms with E-state index < -0.39 is 0 Å². The van der Waals surface area contributed by atoms with E-state index in [9.17, 15) is 9.90 Å². The first-order valence-electron chi connectivity index (χ1n) is 7.73. The summed E-state index contributed by atoms with van der Waals surface area (Å²) < 4.78 is 0. The average Bonchev–Trinajstić information content (AvgIpc) is 2.54. The predicted octanol–water partition coefficient (Wildman–Crippen LogP) is 3.86. The van der Waals surface area contributed by atoms with Crippen LogP contribution in [-0.2, 0) is 6.42 Å². The van der Waals surface area contributed by atoms with E-state index in [1.54, 1.807) is 24.1 Å². The summed E-state index contributed by atoms with van der Waals surface area (Å²) in [4.78, 5) is 14.1. The number of benzene rings is 2. The van der Waals surface area contributed by atoms with Crippen LogP contribution in [0.3, 0.4) is 0 Å². The van der Waals surface area contributed by atoms with E-state index in [1.165, 1.54) is 5.56 Å². The Bertz CT molecular complexity index is 623. The lowest BCUT2D eigenvalue weighted by molar-refractivity contribution is 0.0790. The van der Waals surface area contributed by atoms with E-state index in [4.69, 9.17) is 0 Å². The van der Waals surface area contributed by atoms with E-state index in [-0.39, 0.29) is 11.7 Å². The molecule has 0 atom stereocenters. The zero-order valence-electron chi connectivity index (χ0n) is 13.2. The molecule has 0 aliphatic rings. The second-order valence-electron chi connectivity index (χ2n) is 5.59. The lowest BCUT2D eigenvalue weighted by atomic mass is 10.0. The van der Waals surface area contributed by atoms with Crippen molar-refractivity contribution in [2.75, 3.05) is 13.6 Å². The maximum atomic E-state index is 12.4. The summed E-state index contributed by atoms with van der Waals surface area (Å²) in [5.74, 6) is -0.0778. The molecule has 22 heavy (non-hydrogen) atoms. The van der Waals surface area contributed by atoms with Gasteiger partial charge in [0.1, 0.15) is 5.75 Å². The van der Waals surface area contributed by atoms with Crippen LogP contribution in [0.15, 0.2) is 48.5 Å². The third-order valence-corrected chi connectivity index (χ3v) is 3.74. The van der Waals surface area contributed by atoms with Crippen LogP contribution >= 0.6 is 0 Å². The Morgan fingerprint density at radius 2 is 1.82 bits per heavy atom. The minimum absolute atomic E-state index is 0.0464. The number of hydrogen-bond donors (Lipinski definition) is 1. The van der Waals surface area contributed by atoms with Gasteiger partial charge in [-0.05, 0) is 36.1 Å². The van der Waals surface area contributed by atoms with Crippen molar-refractivity contribution < 1.29 is 9.90 Å². The number of unbranched alkanes of at least 4 members (excludes halogenated alkanes) is 1. The molecule has 3 heteroatoms. The van der Waals surface area contributed by atoms with Gasteiger partial charge in [0.2, 0.25) is 0 Å². The van der Waals surface area contributed by atoms with E-state index in [0.717, 1.165) is 24.8 Å². The number of phenolic OH excluding ortho intramolecular Hbond substituents is 1. The van der Waals surface area contributed by atoms with E-state index in [1.807, 2.05) is 24.3 Å². The number of aromatic hydroxyl groups is 1. The van der Waals surface area contributed by atoms with Crippen molar-refractivity contribution in [2.45, 2.75) is 26.2 Å². The van der Waals surface area contributed by atoms with E-state index >= 15 is 0 Å². The Morgan fingerprint density at radius 3 is 2.50 bits per heavy atom. The van der Waals surface area contributed by atoms with Crippen LogP contribution in [0.5, 0.6) is 5.75 Å². The fourth-order valence-electron chi connectivity index (χ4n) is 2.40. The molecule has 0 aromatic heterocycles. The normalized spacial score (nSPS) is 10.5. The molecule has 2 aromatic rings. The molecule has 0 fully saturated rings. The SMILES string of the molecule is CCCCN(C)C(=O)c1cc(Cc2ccccc2)ccc1O. The minimum Gasteiger partial charge on any atom is -0.507 e. The molecule has 1 amide bonds. The zero-order valence-corrected chi connectivity index (χ0v) is 13.2. The average molecular weight is 297 g/mol. The number of nitrogens with zero attached hydrogens (tertiary/aromatic N) is 1. The first kappa shape index (κ1) is 16.1. The lowest BCUT2D eigenvalue weighted by Gasteiger charge is -2.18. The van der Waals surface area contributed by atoms with Crippen molar-refractivity contribution in [3.05, 3.63) is 65.2 Å². The first-order chi connectivity index (χ1) is 10.6. The summed E-state index contributed by atoms with van der Waals surface area (Å²) in [5, 5.41) is 10.00. The number of carbonyl (C=O) groups is 1. The second-order valence-corrected chi connectivity index (χ2v) is 5.59. The smallest absolute Gasteiger partial charge is 0.257 e. The number of phenols is 1. The molecule has 1 N–H and O–H groups in total. The maximum absolute atomic E-state index is 12.4. The van der Waals surface area contributed by atoms with Crippen LogP contribution < -0.4 is 0 Å². The molecule has 0 unspecified atom stereocenters. The van der Waals surface area contributed by atoms with Crippen molar-refractivity contribution >= 4 is 5.91 Å². The highest BCUT2D eigenvalue weighted by atomic mass is 16.3. The molecule has 0 aliphatic carbocycles. The number of carbonyl (C=O) groups excluding carboxylic acids is 1. The van der Waals surface area contributed by atoms with Gasteiger partial charge in [0.25, 0.3) is 5.91 Å². The Kier molecular flexibility index (Phi) is 5.59. The number of hydrogen-bond acceptors (Lipinski definition) is 2. The molecule has 3 nitrogen and oxygen atoms in total. The highest BCUT2D eigenvalue weighted by molar-refractivity contribution is 5.96. The number of amides is 1. The van der Waals surface area contributed by atoms with Crippen LogP contribution in [0.25, 0.3) is 0 Å². The van der Waals surface area contributed by atoms with E-state index in [2.05, 4.69) is 19.1 Å². The maximum Gasteiger partial charge on any atom is 0.257 e. The minimum atomic E-state index is -0.124. The van der Waals surface area contributed by atoms with Gasteiger partial charge in [0.15, 0.2) is 0 Å². The van der Waals surface area contributed by atoms with Gasteiger partial charge in [-0.15, -0.1) is 0 Å². The molecule has 2 rings (SSSR count). The summed E-state index contributed by atoms with van der Waals surface area (Å²) >= 11 is 0. The Labute approximate surface area is 132 Å². The van der Waals surface area contributed by atoms with Crippen molar-refractivity contribution in [3.8, 4) is 5.75 Å². The summed E-state index contributed by atoms with van der Waals surface area (Å²) in [5.41, 5.74) is 2.59. The number of rotatable bonds is 6. The van der Waals surface area contributed by atoms with Crippen molar-refractivity contribution in [1.82, 2.24) is 4.90 Å². The summed E-state index contributed by atoms with van der Waals surface area (Å²) in [6.45, 7) is 2.80. The van der Waals surface area contributed by atoms with Gasteiger partial charge in [-0.25, -0.2) is 0 Å². The van der Waals surface area contributed by atoms with Crippen molar-refractivity contribution in [1.29, 1.82) is 0 Å². The molecule has 0 heterocycles. The monoisotopic (exact) mass is 297 g/mol. The molecule has 0 aliphatic heterocycles. The molecular weight excluding hydrogens is 274 g/mol. The topological polar surface area (TPSA) is 40.5 Å². The van der Waals surface area contributed by atoms with Crippen LogP contribution in [-0.4, -0.2) is 29.5 Å². The van der Waals surface area contributed by atoms with E-state index in [0.29, 0.717) is 12.1 Å². The third-order valence-electron chi connectivity index (χ3n) is 3.74. The largest absolute Gasteiger partial charge is 0.507 e. The highest BCUT2D eigenvalue weighted by Crippen LogP contribution is 2.22. The third kappa shape index (κ3) is 4.10. The van der Waals surface area contributed by atoms with Crippen molar-refractivity contribution in [2.24, 2.45) is 0 Å². The van der Waals surface area contributed by atoms with Crippen LogP contribution in [0.1, 0.15) is 41.3 Å². The Hall–Kier alpha value is -2.29. The zero-order chi connectivity index (χ0) is 15.9. The lowest BCUT2D eigenvalue weighted by Crippen LogP contribution is -2.27. The molecule has 116 valence electrons. The van der Waals surface area contributed by atoms with Gasteiger partial charge in [-0.3, -0.25) is 4.79 Å². The van der Waals surface area contributed by atoms with Crippen LogP contribution in [0.2, 0.25) is 0 Å². The molecule has 0 bridgehead atoms. The molecule has 0 saturated heterocycles. The van der Waals surface area contributed by atoms with Crippen molar-refractivity contribution in [3.63, 3.8) is 0 Å². The summed E-state index contributed by atoms with van der Waals surface area (Å²) in [6.07, 6.45) is 2.75. The summed E-state index contributed by atoms with van der Waals surface area (Å²) in [7, 11) is 1.78. The molecule has 0 spiro atoms. The Balaban J connectivity index is 2.18. The highest BCUT2D eigenvalue weighted by Gasteiger charge is 2.16. The fourth-order valence-corrected chi connectivity index (χ4v) is 2.40. The standard InChI is InChI=1S/C19H23NO2/c1-3-4-12-20(2)19(22)17-14-16(10-11-18(17)21)13-15-8-6-5-7-9-15/h5-11,14,21H,3-4,12-13H2,1-2H3. The van der Waals surface area contributed by atoms with Gasteiger partial charge < -0.3 is 10.0 Å². The molecule has 0 saturated carbocycles. The van der Waals surface area contributed by atoms with Gasteiger partial charge in [0.05, 0.1) is 5.56 Å². The second kappa shape index (κ2) is 7.64. The molecule has 2 aromatic carbocycles. The fraction of sp³-hybridized carbons (Fsp3) is 0.316. The molecule has 0 radical (unpaired) electrons. The van der Waals surface area contributed by atoms with Gasteiger partial charge in [-0.2, -0.15) is 0 Å². The first-order valence-corrected chi connectivity index (χ1v) is 7.73. The van der Waals surface area contributed by atoms with Gasteiger partial charge in [0, 0.05) is 13.6 Å². The Morgan fingerprint density at radius 1 is 1.09 bits per heavy atom. The van der Waals surface area contributed by atoms with Crippen LogP contribution in [0.4, 0.5) is 0 Å². The van der Waals surface area contributed by atoms with Gasteiger partial charge in [-0.1, -0.05) is 49.7 Å². The summed E-state index contributed by atoms with van der Waals surface area (Å²) in [6, 6.07) is 15.4. The van der Waals surface area contributed by atoms with Gasteiger partial charge >= 0.3 is 0 Å².